The molecule has 0 unspecified atom stereocenters. The van der Waals surface area contributed by atoms with Crippen LogP contribution in [0.1, 0.15) is 0 Å². The van der Waals surface area contributed by atoms with Crippen LogP contribution in [0.5, 0.6) is 0 Å². The van der Waals surface area contributed by atoms with Crippen LogP contribution < -0.4 is 0 Å². The second kappa shape index (κ2) is 13.7. The molecule has 43 heavy (non-hydrogen) atoms. The summed E-state index contributed by atoms with van der Waals surface area (Å²) in [7, 11) is 4.03. The van der Waals surface area contributed by atoms with E-state index in [9.17, 15) is 8.78 Å². The van der Waals surface area contributed by atoms with E-state index < -0.39 is 11.6 Å². The van der Waals surface area contributed by atoms with Gasteiger partial charge in [-0.3, -0.25) is 18.7 Å². The maximum absolute atomic E-state index is 13.2. The standard InChI is InChI=1S/C21H16N5.C11H6F2N.CN.Ir/c1-25-18-9-5-3-7-16(18)23-20(25)14-11-15(13-22-12-14)21-24-17-8-4-6-10-19(17)26(21)2;12-8-4-5-9(10(13)7-8)11-3-1-2-6-14-11;1-2;/h3-10,12-13H,1-2H3;1-4,6-7H;;/q3*-1;+3. The van der Waals surface area contributed by atoms with E-state index >= 15 is 0 Å². The maximum atomic E-state index is 13.2. The van der Waals surface area contributed by atoms with Gasteiger partial charge in [-0.15, -0.1) is 18.2 Å². The van der Waals surface area contributed by atoms with Crippen molar-refractivity contribution in [3.8, 4) is 34.0 Å². The van der Waals surface area contributed by atoms with E-state index in [0.29, 0.717) is 5.69 Å². The van der Waals surface area contributed by atoms with Crippen LogP contribution in [0, 0.1) is 35.6 Å². The molecule has 0 saturated carbocycles. The average molecular weight is 747 g/mol. The number of pyridine rings is 2. The molecular formula is C33H22F2IrN7. The van der Waals surface area contributed by atoms with Gasteiger partial charge in [-0.25, -0.2) is 0 Å². The predicted molar refractivity (Wildman–Crippen MR) is 156 cm³/mol. The van der Waals surface area contributed by atoms with Crippen molar-refractivity contribution in [2.24, 2.45) is 14.1 Å². The van der Waals surface area contributed by atoms with Crippen molar-refractivity contribution in [3.63, 3.8) is 0 Å². The third-order valence-corrected chi connectivity index (χ3v) is 6.51. The molecule has 7 nitrogen and oxygen atoms in total. The van der Waals surface area contributed by atoms with Crippen LogP contribution in [-0.4, -0.2) is 29.1 Å². The summed E-state index contributed by atoms with van der Waals surface area (Å²) in [6.07, 6.45) is 5.15. The molecule has 0 aliphatic carbocycles. The van der Waals surface area contributed by atoms with E-state index in [1.807, 2.05) is 50.5 Å². The number of hydrogen-bond acceptors (Lipinski definition) is 5. The molecular weight excluding hydrogens is 725 g/mol. The van der Waals surface area contributed by atoms with Gasteiger partial charge in [-0.2, -0.15) is 0 Å². The summed E-state index contributed by atoms with van der Waals surface area (Å²) < 4.78 is 29.9. The number of fused-ring (bicyclic) bond motifs is 2. The Morgan fingerprint density at radius 2 is 1.30 bits per heavy atom. The van der Waals surface area contributed by atoms with Crippen molar-refractivity contribution >= 4 is 22.1 Å². The fourth-order valence-electron chi connectivity index (χ4n) is 4.55. The summed E-state index contributed by atoms with van der Waals surface area (Å²) in [5.41, 5.74) is 6.45. The van der Waals surface area contributed by atoms with Gasteiger partial charge in [0.15, 0.2) is 0 Å². The first-order valence-electron chi connectivity index (χ1n) is 12.7. The molecule has 0 aliphatic heterocycles. The van der Waals surface area contributed by atoms with Crippen LogP contribution in [0.25, 0.3) is 56.1 Å². The summed E-state index contributed by atoms with van der Waals surface area (Å²) in [5.74, 6) is 0.407. The average Bonchev–Trinajstić information content (AvgIpc) is 3.56. The molecule has 4 heterocycles. The topological polar surface area (TPSA) is 85.2 Å². The Labute approximate surface area is 260 Å². The molecule has 3 aromatic carbocycles. The van der Waals surface area contributed by atoms with Gasteiger partial charge in [0.05, 0.1) is 33.7 Å². The van der Waals surface area contributed by atoms with E-state index in [1.165, 1.54) is 0 Å². The fourth-order valence-corrected chi connectivity index (χ4v) is 4.55. The van der Waals surface area contributed by atoms with Crippen LogP contribution >= 0.6 is 0 Å². The van der Waals surface area contributed by atoms with Crippen molar-refractivity contribution in [2.75, 3.05) is 0 Å². The van der Waals surface area contributed by atoms with Crippen LogP contribution in [0.3, 0.4) is 0 Å². The summed E-state index contributed by atoms with van der Waals surface area (Å²) in [6, 6.07) is 29.2. The quantitative estimate of drug-likeness (QED) is 0.184. The molecule has 7 aromatic rings. The number of imidazole rings is 2. The number of aromatic nitrogens is 6. The maximum Gasteiger partial charge on any atom is 3.00 e. The Hall–Kier alpha value is -5.10. The molecule has 0 radical (unpaired) electrons. The molecule has 212 valence electrons. The molecule has 4 aromatic heterocycles. The molecule has 0 N–H and O–H groups in total. The van der Waals surface area contributed by atoms with Gasteiger partial charge in [0.1, 0.15) is 0 Å². The molecule has 0 bridgehead atoms. The predicted octanol–water partition coefficient (Wildman–Crippen LogP) is 6.91. The second-order valence-electron chi connectivity index (χ2n) is 9.08. The molecule has 0 fully saturated rings. The van der Waals surface area contributed by atoms with E-state index in [2.05, 4.69) is 43.4 Å². The Morgan fingerprint density at radius 3 is 1.79 bits per heavy atom. The number of aryl methyl sites for hydroxylation is 2. The largest absolute Gasteiger partial charge is 3.00 e. The molecule has 0 saturated heterocycles. The van der Waals surface area contributed by atoms with Crippen molar-refractivity contribution in [3.05, 3.63) is 128 Å². The zero-order valence-electron chi connectivity index (χ0n) is 23.0. The summed E-state index contributed by atoms with van der Waals surface area (Å²) in [5, 5.41) is 6.25. The van der Waals surface area contributed by atoms with Crippen LogP contribution in [0.2, 0.25) is 0 Å². The van der Waals surface area contributed by atoms with Crippen molar-refractivity contribution in [1.82, 2.24) is 29.1 Å². The van der Waals surface area contributed by atoms with Crippen LogP contribution in [-0.2, 0) is 34.2 Å². The van der Waals surface area contributed by atoms with E-state index in [-0.39, 0.29) is 25.7 Å². The van der Waals surface area contributed by atoms with Crippen LogP contribution in [0.15, 0.2) is 97.5 Å². The first-order chi connectivity index (χ1) is 20.5. The van der Waals surface area contributed by atoms with Crippen LogP contribution in [0.4, 0.5) is 8.78 Å². The summed E-state index contributed by atoms with van der Waals surface area (Å²) in [6.45, 7) is 4.75. The number of hydrogen-bond donors (Lipinski definition) is 0. The number of benzene rings is 3. The summed E-state index contributed by atoms with van der Waals surface area (Å²) >= 11 is 0. The van der Waals surface area contributed by atoms with Gasteiger partial charge in [0.2, 0.25) is 0 Å². The molecule has 0 amide bonds. The van der Waals surface area contributed by atoms with E-state index in [0.717, 1.165) is 57.0 Å². The van der Waals surface area contributed by atoms with Crippen molar-refractivity contribution < 1.29 is 28.9 Å². The Balaban J connectivity index is 0.000000212. The van der Waals surface area contributed by atoms with Gasteiger partial charge in [0.25, 0.3) is 0 Å². The zero-order valence-corrected chi connectivity index (χ0v) is 25.4. The van der Waals surface area contributed by atoms with E-state index in [1.54, 1.807) is 36.8 Å². The third kappa shape index (κ3) is 6.38. The molecule has 0 aliphatic rings. The van der Waals surface area contributed by atoms with Gasteiger partial charge in [-0.05, 0) is 48.4 Å². The van der Waals surface area contributed by atoms with Gasteiger partial charge >= 0.3 is 20.1 Å². The number of rotatable bonds is 3. The van der Waals surface area contributed by atoms with Gasteiger partial charge in [0, 0.05) is 31.9 Å². The number of halogens is 2. The molecule has 10 heteroatoms. The Bertz CT molecular complexity index is 1920. The summed E-state index contributed by atoms with van der Waals surface area (Å²) in [4.78, 5) is 17.9. The number of para-hydroxylation sites is 4. The Morgan fingerprint density at radius 1 is 0.767 bits per heavy atom. The SMILES string of the molecule is Cn1c(-c2[c-]c(-c3nc4ccccc4n3C)cnc2)nc2ccccc21.Fc1c[c-]c(-c2ccccn2)c(F)c1.[C-]#N.[Ir+3]. The first-order valence-corrected chi connectivity index (χ1v) is 12.7. The normalized spacial score (nSPS) is 10.3. The number of nitrogens with zero attached hydrogens (tertiary/aromatic N) is 7. The van der Waals surface area contributed by atoms with Crippen molar-refractivity contribution in [2.45, 2.75) is 0 Å². The van der Waals surface area contributed by atoms with Crippen molar-refractivity contribution in [1.29, 1.82) is 5.26 Å². The monoisotopic (exact) mass is 747 g/mol. The molecule has 7 rings (SSSR count). The zero-order chi connectivity index (χ0) is 29.6. The molecule has 0 atom stereocenters. The molecule has 0 spiro atoms. The smallest absolute Gasteiger partial charge is 0.512 e. The minimum absolute atomic E-state index is 0. The van der Waals surface area contributed by atoms with Gasteiger partial charge < -0.3 is 30.9 Å². The Kier molecular flexibility index (Phi) is 9.83. The minimum atomic E-state index is -0.649. The van der Waals surface area contributed by atoms with E-state index in [4.69, 9.17) is 21.8 Å². The third-order valence-electron chi connectivity index (χ3n) is 6.51. The van der Waals surface area contributed by atoms with Gasteiger partial charge in [-0.1, -0.05) is 59.2 Å². The first kappa shape index (κ1) is 30.8. The minimum Gasteiger partial charge on any atom is -0.512 e. The second-order valence-corrected chi connectivity index (χ2v) is 9.08. The fraction of sp³-hybridized carbons (Fsp3) is 0.0606.